The van der Waals surface area contributed by atoms with Crippen LogP contribution in [0.4, 0.5) is 0 Å². The molecule has 0 bridgehead atoms. The van der Waals surface area contributed by atoms with Gasteiger partial charge < -0.3 is 18.7 Å². The number of esters is 1. The van der Waals surface area contributed by atoms with E-state index in [1.165, 1.54) is 19.2 Å². The number of carbonyl (C=O) groups excluding carboxylic acids is 1. The van der Waals surface area contributed by atoms with Crippen LogP contribution in [0.5, 0.6) is 11.5 Å². The third-order valence-corrected chi connectivity index (χ3v) is 3.74. The molecule has 0 aliphatic carbocycles. The van der Waals surface area contributed by atoms with Crippen LogP contribution in [0.15, 0.2) is 45.7 Å². The minimum absolute atomic E-state index is 0.0339. The number of aryl methyl sites for hydroxylation is 1. The van der Waals surface area contributed by atoms with Gasteiger partial charge in [-0.05, 0) is 24.3 Å². The van der Waals surface area contributed by atoms with Crippen LogP contribution < -0.4 is 15.0 Å². The Morgan fingerprint density at radius 3 is 2.88 bits per heavy atom. The first kappa shape index (κ1) is 15.9. The van der Waals surface area contributed by atoms with E-state index in [4.69, 9.17) is 18.7 Å². The van der Waals surface area contributed by atoms with Gasteiger partial charge in [-0.15, -0.1) is 0 Å². The van der Waals surface area contributed by atoms with Gasteiger partial charge in [-0.3, -0.25) is 4.79 Å². The summed E-state index contributed by atoms with van der Waals surface area (Å²) < 4.78 is 22.1. The molecule has 3 aromatic rings. The third kappa shape index (κ3) is 3.02. The van der Waals surface area contributed by atoms with Crippen LogP contribution in [-0.4, -0.2) is 27.7 Å². The van der Waals surface area contributed by atoms with Gasteiger partial charge in [0.2, 0.25) is 6.79 Å². The number of aromatic nitrogens is 3. The largest absolute Gasteiger partial charge is 0.454 e. The molecule has 0 spiro atoms. The van der Waals surface area contributed by atoms with Crippen molar-refractivity contribution >= 4 is 5.97 Å². The predicted octanol–water partition coefficient (Wildman–Crippen LogP) is 1.52. The van der Waals surface area contributed by atoms with Gasteiger partial charge in [0, 0.05) is 24.7 Å². The van der Waals surface area contributed by atoms with Gasteiger partial charge in [0.05, 0.1) is 0 Å². The first-order chi connectivity index (χ1) is 12.6. The molecule has 0 fully saturated rings. The van der Waals surface area contributed by atoms with Gasteiger partial charge in [-0.1, -0.05) is 5.16 Å². The molecule has 3 heterocycles. The number of rotatable bonds is 4. The molecule has 0 amide bonds. The fraction of sp³-hybridized carbons (Fsp3) is 0.176. The summed E-state index contributed by atoms with van der Waals surface area (Å²) in [6.45, 7) is 0.104. The summed E-state index contributed by atoms with van der Waals surface area (Å²) in [5, 5.41) is 7.71. The Hall–Kier alpha value is -3.62. The van der Waals surface area contributed by atoms with Crippen molar-refractivity contribution in [1.82, 2.24) is 14.9 Å². The lowest BCUT2D eigenvalue weighted by atomic mass is 10.1. The van der Waals surface area contributed by atoms with Crippen molar-refractivity contribution in [1.29, 1.82) is 0 Å². The van der Waals surface area contributed by atoms with Gasteiger partial charge in [0.15, 0.2) is 23.0 Å². The van der Waals surface area contributed by atoms with Gasteiger partial charge in [-0.2, -0.15) is 5.10 Å². The average molecular weight is 355 g/mol. The second-order valence-corrected chi connectivity index (χ2v) is 5.51. The maximum absolute atomic E-state index is 12.0. The van der Waals surface area contributed by atoms with Crippen LogP contribution in [0.3, 0.4) is 0 Å². The van der Waals surface area contributed by atoms with Gasteiger partial charge >= 0.3 is 5.97 Å². The zero-order valence-corrected chi connectivity index (χ0v) is 13.7. The molecule has 1 aromatic carbocycles. The number of benzene rings is 1. The maximum Gasteiger partial charge on any atom is 0.359 e. The molecule has 1 aliphatic rings. The molecule has 0 saturated heterocycles. The summed E-state index contributed by atoms with van der Waals surface area (Å²) >= 11 is 0. The van der Waals surface area contributed by atoms with E-state index in [-0.39, 0.29) is 24.7 Å². The molecule has 26 heavy (non-hydrogen) atoms. The first-order valence-electron chi connectivity index (χ1n) is 7.67. The standard InChI is InChI=1S/C17H13N3O6/c1-20-16(21)5-3-12(18-20)17(22)23-8-11-7-14(26-19-11)10-2-4-13-15(6-10)25-9-24-13/h2-7H,8-9H2,1H3. The highest BCUT2D eigenvalue weighted by Crippen LogP contribution is 2.36. The lowest BCUT2D eigenvalue weighted by molar-refractivity contribution is 0.0454. The van der Waals surface area contributed by atoms with Crippen LogP contribution in [0.1, 0.15) is 16.2 Å². The molecule has 0 radical (unpaired) electrons. The molecule has 2 aromatic heterocycles. The van der Waals surface area contributed by atoms with E-state index in [9.17, 15) is 9.59 Å². The van der Waals surface area contributed by atoms with Crippen molar-refractivity contribution in [3.63, 3.8) is 0 Å². The van der Waals surface area contributed by atoms with Crippen LogP contribution in [-0.2, 0) is 18.4 Å². The van der Waals surface area contributed by atoms with Crippen molar-refractivity contribution in [2.75, 3.05) is 6.79 Å². The molecule has 0 N–H and O–H groups in total. The highest BCUT2D eigenvalue weighted by molar-refractivity contribution is 5.86. The number of nitrogens with zero attached hydrogens (tertiary/aromatic N) is 3. The molecular weight excluding hydrogens is 342 g/mol. The molecule has 132 valence electrons. The van der Waals surface area contributed by atoms with Gasteiger partial charge in [0.1, 0.15) is 12.3 Å². The lowest BCUT2D eigenvalue weighted by Gasteiger charge is -2.02. The van der Waals surface area contributed by atoms with E-state index in [2.05, 4.69) is 10.3 Å². The quantitative estimate of drug-likeness (QED) is 0.649. The molecule has 4 rings (SSSR count). The zero-order valence-electron chi connectivity index (χ0n) is 13.7. The van der Waals surface area contributed by atoms with Crippen molar-refractivity contribution in [3.8, 4) is 22.8 Å². The van der Waals surface area contributed by atoms with Crippen molar-refractivity contribution in [2.45, 2.75) is 6.61 Å². The predicted molar refractivity (Wildman–Crippen MR) is 86.7 cm³/mol. The zero-order chi connectivity index (χ0) is 18.1. The number of hydrogen-bond donors (Lipinski definition) is 0. The number of hydrogen-bond acceptors (Lipinski definition) is 8. The summed E-state index contributed by atoms with van der Waals surface area (Å²) in [6.07, 6.45) is 0. The van der Waals surface area contributed by atoms with Gasteiger partial charge in [-0.25, -0.2) is 9.48 Å². The van der Waals surface area contributed by atoms with Crippen molar-refractivity contribution in [2.24, 2.45) is 7.05 Å². The minimum atomic E-state index is -0.659. The number of ether oxygens (including phenoxy) is 3. The first-order valence-corrected chi connectivity index (χ1v) is 7.67. The molecule has 9 nitrogen and oxygen atoms in total. The van der Waals surface area contributed by atoms with Crippen LogP contribution in [0, 0.1) is 0 Å². The fourth-order valence-electron chi connectivity index (χ4n) is 2.39. The molecule has 0 atom stereocenters. The van der Waals surface area contributed by atoms with Crippen molar-refractivity contribution in [3.05, 3.63) is 58.1 Å². The fourth-order valence-corrected chi connectivity index (χ4v) is 2.39. The highest BCUT2D eigenvalue weighted by atomic mass is 16.7. The Bertz CT molecular complexity index is 1040. The lowest BCUT2D eigenvalue weighted by Crippen LogP contribution is -2.21. The summed E-state index contributed by atoms with van der Waals surface area (Å²) in [5.74, 6) is 1.16. The van der Waals surface area contributed by atoms with E-state index >= 15 is 0 Å². The Morgan fingerprint density at radius 1 is 1.19 bits per heavy atom. The van der Waals surface area contributed by atoms with E-state index in [0.29, 0.717) is 23.0 Å². The summed E-state index contributed by atoms with van der Waals surface area (Å²) in [7, 11) is 1.45. The van der Waals surface area contributed by atoms with Crippen LogP contribution in [0.25, 0.3) is 11.3 Å². The second kappa shape index (κ2) is 6.36. The van der Waals surface area contributed by atoms with Crippen molar-refractivity contribution < 1.29 is 23.5 Å². The van der Waals surface area contributed by atoms with E-state index in [0.717, 1.165) is 10.2 Å². The Balaban J connectivity index is 1.44. The Morgan fingerprint density at radius 2 is 2.04 bits per heavy atom. The SMILES string of the molecule is Cn1nc(C(=O)OCc2cc(-c3ccc4c(c3)OCO4)on2)ccc1=O. The third-order valence-electron chi connectivity index (χ3n) is 3.74. The summed E-state index contributed by atoms with van der Waals surface area (Å²) in [6, 6.07) is 9.61. The number of fused-ring (bicyclic) bond motifs is 1. The van der Waals surface area contributed by atoms with E-state index < -0.39 is 5.97 Å². The second-order valence-electron chi connectivity index (χ2n) is 5.51. The minimum Gasteiger partial charge on any atom is -0.454 e. The topological polar surface area (TPSA) is 106 Å². The average Bonchev–Trinajstić information content (AvgIpc) is 3.30. The molecule has 0 saturated carbocycles. The Labute approximate surface area is 146 Å². The Kier molecular flexibility index (Phi) is 3.88. The highest BCUT2D eigenvalue weighted by Gasteiger charge is 2.17. The van der Waals surface area contributed by atoms with Gasteiger partial charge in [0.25, 0.3) is 5.56 Å². The van der Waals surface area contributed by atoms with Crippen LogP contribution >= 0.6 is 0 Å². The molecule has 0 unspecified atom stereocenters. The normalized spacial score (nSPS) is 12.2. The number of carbonyl (C=O) groups is 1. The summed E-state index contributed by atoms with van der Waals surface area (Å²) in [5.41, 5.74) is 0.924. The smallest absolute Gasteiger partial charge is 0.359 e. The summed E-state index contributed by atoms with van der Waals surface area (Å²) in [4.78, 5) is 23.3. The van der Waals surface area contributed by atoms with E-state index in [1.54, 1.807) is 18.2 Å². The maximum atomic E-state index is 12.0. The molecule has 1 aliphatic heterocycles. The monoisotopic (exact) mass is 355 g/mol. The molecular formula is C17H13N3O6. The molecule has 9 heteroatoms. The van der Waals surface area contributed by atoms with Crippen LogP contribution in [0.2, 0.25) is 0 Å². The van der Waals surface area contributed by atoms with E-state index in [1.807, 2.05) is 6.07 Å².